The Bertz CT molecular complexity index is 618. The fourth-order valence-electron chi connectivity index (χ4n) is 2.59. The number of carbonyl (C=O) groups is 1. The van der Waals surface area contributed by atoms with E-state index >= 15 is 0 Å². The third kappa shape index (κ3) is 4.54. The van der Waals surface area contributed by atoms with Gasteiger partial charge in [-0.3, -0.25) is 4.79 Å². The first-order valence-corrected chi connectivity index (χ1v) is 7.74. The van der Waals surface area contributed by atoms with Gasteiger partial charge in [-0.05, 0) is 18.1 Å². The summed E-state index contributed by atoms with van der Waals surface area (Å²) in [7, 11) is 3.23. The van der Waals surface area contributed by atoms with Crippen LogP contribution in [-0.4, -0.2) is 62.4 Å². The van der Waals surface area contributed by atoms with Crippen molar-refractivity contribution in [2.24, 2.45) is 5.73 Å². The molecule has 3 N–H and O–H groups in total. The number of ether oxygens (including phenoxy) is 2. The molecule has 0 fully saturated rings. The van der Waals surface area contributed by atoms with E-state index in [4.69, 9.17) is 15.2 Å². The van der Waals surface area contributed by atoms with Crippen LogP contribution in [-0.2, 0) is 20.7 Å². The average molecular weight is 319 g/mol. The van der Waals surface area contributed by atoms with E-state index in [1.807, 2.05) is 30.5 Å². The van der Waals surface area contributed by atoms with Crippen molar-refractivity contribution < 1.29 is 14.3 Å². The summed E-state index contributed by atoms with van der Waals surface area (Å²) in [6, 6.07) is 7.42. The van der Waals surface area contributed by atoms with Gasteiger partial charge in [0.05, 0.1) is 19.3 Å². The molecular formula is C17H25N3O3. The number of para-hydroxylation sites is 1. The van der Waals surface area contributed by atoms with E-state index in [9.17, 15) is 4.79 Å². The van der Waals surface area contributed by atoms with Crippen LogP contribution in [0.3, 0.4) is 0 Å². The largest absolute Gasteiger partial charge is 0.383 e. The summed E-state index contributed by atoms with van der Waals surface area (Å²) in [4.78, 5) is 17.5. The van der Waals surface area contributed by atoms with Gasteiger partial charge in [-0.1, -0.05) is 18.2 Å². The van der Waals surface area contributed by atoms with Gasteiger partial charge in [0.25, 0.3) is 0 Å². The molecule has 0 saturated carbocycles. The Labute approximate surface area is 136 Å². The van der Waals surface area contributed by atoms with Crippen molar-refractivity contribution >= 4 is 16.8 Å². The van der Waals surface area contributed by atoms with Crippen molar-refractivity contribution in [3.05, 3.63) is 36.0 Å². The highest BCUT2D eigenvalue weighted by atomic mass is 16.5. The molecule has 6 nitrogen and oxygen atoms in total. The zero-order chi connectivity index (χ0) is 16.7. The summed E-state index contributed by atoms with van der Waals surface area (Å²) in [5, 5.41) is 1.11. The van der Waals surface area contributed by atoms with Crippen molar-refractivity contribution in [2.45, 2.75) is 12.5 Å². The third-order valence-corrected chi connectivity index (χ3v) is 3.87. The lowest BCUT2D eigenvalue weighted by molar-refractivity contribution is -0.133. The number of rotatable bonds is 9. The number of nitrogens with one attached hydrogen (secondary N) is 1. The molecule has 0 bridgehead atoms. The number of nitrogens with zero attached hydrogens (tertiary/aromatic N) is 1. The fraction of sp³-hybridized carbons (Fsp3) is 0.471. The number of H-pyrrole nitrogens is 1. The van der Waals surface area contributed by atoms with E-state index in [2.05, 4.69) is 4.98 Å². The highest BCUT2D eigenvalue weighted by molar-refractivity contribution is 5.86. The Morgan fingerprint density at radius 3 is 2.52 bits per heavy atom. The van der Waals surface area contributed by atoms with E-state index in [-0.39, 0.29) is 5.91 Å². The van der Waals surface area contributed by atoms with Crippen LogP contribution in [0.4, 0.5) is 0 Å². The van der Waals surface area contributed by atoms with Gasteiger partial charge in [-0.2, -0.15) is 0 Å². The Morgan fingerprint density at radius 2 is 1.87 bits per heavy atom. The first-order chi connectivity index (χ1) is 11.2. The monoisotopic (exact) mass is 319 g/mol. The predicted molar refractivity (Wildman–Crippen MR) is 90.3 cm³/mol. The molecule has 1 aromatic carbocycles. The number of methoxy groups -OCH3 is 2. The molecule has 0 aliphatic rings. The van der Waals surface area contributed by atoms with Crippen LogP contribution in [0.2, 0.25) is 0 Å². The van der Waals surface area contributed by atoms with Crippen LogP contribution in [0.5, 0.6) is 0 Å². The molecule has 23 heavy (non-hydrogen) atoms. The first kappa shape index (κ1) is 17.5. The van der Waals surface area contributed by atoms with Gasteiger partial charge in [0.1, 0.15) is 0 Å². The Hall–Kier alpha value is -1.89. The van der Waals surface area contributed by atoms with E-state index in [1.54, 1.807) is 19.1 Å². The van der Waals surface area contributed by atoms with Crippen LogP contribution < -0.4 is 5.73 Å². The highest BCUT2D eigenvalue weighted by Gasteiger charge is 2.22. The van der Waals surface area contributed by atoms with Gasteiger partial charge >= 0.3 is 0 Å². The predicted octanol–water partition coefficient (Wildman–Crippen LogP) is 1.16. The maximum absolute atomic E-state index is 12.6. The quantitative estimate of drug-likeness (QED) is 0.727. The summed E-state index contributed by atoms with van der Waals surface area (Å²) in [6.07, 6.45) is 2.42. The number of fused-ring (bicyclic) bond motifs is 1. The fourth-order valence-corrected chi connectivity index (χ4v) is 2.59. The van der Waals surface area contributed by atoms with E-state index < -0.39 is 6.04 Å². The Balaban J connectivity index is 2.04. The molecular weight excluding hydrogens is 294 g/mol. The topological polar surface area (TPSA) is 80.6 Å². The standard InChI is InChI=1S/C17H25N3O3/c1-22-9-7-20(8-10-23-2)17(21)15(18)11-13-12-19-16-6-4-3-5-14(13)16/h3-6,12,15,19H,7-11,18H2,1-2H3/t15-/m0/s1. The Kier molecular flexibility index (Phi) is 6.58. The number of hydrogen-bond donors (Lipinski definition) is 2. The van der Waals surface area contributed by atoms with E-state index in [0.717, 1.165) is 16.5 Å². The van der Waals surface area contributed by atoms with Gasteiger partial charge in [0, 0.05) is 44.4 Å². The molecule has 1 heterocycles. The lowest BCUT2D eigenvalue weighted by Crippen LogP contribution is -2.47. The number of benzene rings is 1. The smallest absolute Gasteiger partial charge is 0.239 e. The molecule has 1 aromatic heterocycles. The van der Waals surface area contributed by atoms with Crippen molar-refractivity contribution in [1.29, 1.82) is 0 Å². The Morgan fingerprint density at radius 1 is 1.22 bits per heavy atom. The molecule has 0 saturated heterocycles. The first-order valence-electron chi connectivity index (χ1n) is 7.74. The van der Waals surface area contributed by atoms with Crippen molar-refractivity contribution in [1.82, 2.24) is 9.88 Å². The maximum atomic E-state index is 12.6. The minimum atomic E-state index is -0.581. The van der Waals surface area contributed by atoms with Crippen molar-refractivity contribution in [3.8, 4) is 0 Å². The zero-order valence-corrected chi connectivity index (χ0v) is 13.7. The summed E-state index contributed by atoms with van der Waals surface area (Å²) in [5.41, 5.74) is 8.27. The summed E-state index contributed by atoms with van der Waals surface area (Å²) >= 11 is 0. The number of hydrogen-bond acceptors (Lipinski definition) is 4. The van der Waals surface area contributed by atoms with E-state index in [1.165, 1.54) is 0 Å². The summed E-state index contributed by atoms with van der Waals surface area (Å²) in [5.74, 6) is -0.0793. The number of amides is 1. The minimum Gasteiger partial charge on any atom is -0.383 e. The average Bonchev–Trinajstić information content (AvgIpc) is 2.97. The third-order valence-electron chi connectivity index (χ3n) is 3.87. The lowest BCUT2D eigenvalue weighted by atomic mass is 10.0. The van der Waals surface area contributed by atoms with E-state index in [0.29, 0.717) is 32.7 Å². The van der Waals surface area contributed by atoms with Gasteiger partial charge in [-0.25, -0.2) is 0 Å². The minimum absolute atomic E-state index is 0.0793. The molecule has 2 aromatic rings. The molecule has 126 valence electrons. The van der Waals surface area contributed by atoms with Crippen LogP contribution >= 0.6 is 0 Å². The summed E-state index contributed by atoms with van der Waals surface area (Å²) in [6.45, 7) is 1.99. The molecule has 0 aliphatic carbocycles. The summed E-state index contributed by atoms with van der Waals surface area (Å²) < 4.78 is 10.1. The molecule has 1 amide bonds. The van der Waals surface area contributed by atoms with Gasteiger partial charge in [-0.15, -0.1) is 0 Å². The normalized spacial score (nSPS) is 12.5. The lowest BCUT2D eigenvalue weighted by Gasteiger charge is -2.25. The van der Waals surface area contributed by atoms with Crippen LogP contribution in [0.15, 0.2) is 30.5 Å². The zero-order valence-electron chi connectivity index (χ0n) is 13.7. The van der Waals surface area contributed by atoms with Crippen molar-refractivity contribution in [2.75, 3.05) is 40.5 Å². The van der Waals surface area contributed by atoms with Crippen molar-refractivity contribution in [3.63, 3.8) is 0 Å². The van der Waals surface area contributed by atoms with Gasteiger partial charge < -0.3 is 25.1 Å². The molecule has 6 heteroatoms. The van der Waals surface area contributed by atoms with Crippen LogP contribution in [0.1, 0.15) is 5.56 Å². The molecule has 0 unspecified atom stereocenters. The molecule has 2 rings (SSSR count). The maximum Gasteiger partial charge on any atom is 0.239 e. The second-order valence-electron chi connectivity index (χ2n) is 5.48. The van der Waals surface area contributed by atoms with Gasteiger partial charge in [0.15, 0.2) is 0 Å². The van der Waals surface area contributed by atoms with Gasteiger partial charge in [0.2, 0.25) is 5.91 Å². The number of aromatic nitrogens is 1. The molecule has 0 radical (unpaired) electrons. The molecule has 0 aliphatic heterocycles. The highest BCUT2D eigenvalue weighted by Crippen LogP contribution is 2.19. The molecule has 1 atom stereocenters. The number of nitrogens with two attached hydrogens (primary N) is 1. The van der Waals surface area contributed by atoms with Crippen LogP contribution in [0, 0.1) is 0 Å². The second kappa shape index (κ2) is 8.67. The molecule has 0 spiro atoms. The number of carbonyl (C=O) groups excluding carboxylic acids is 1. The number of aromatic amines is 1. The second-order valence-corrected chi connectivity index (χ2v) is 5.48. The van der Waals surface area contributed by atoms with Crippen LogP contribution in [0.25, 0.3) is 10.9 Å². The SMILES string of the molecule is COCCN(CCOC)C(=O)[C@@H](N)Cc1c[nH]c2ccccc12.